The smallest absolute Gasteiger partial charge is 0.249 e. The standard InChI is InChI=1S/C20H22O2Si2/c1-23(21,17-10-5-3-6-11-17)19-14-9-15-20(16-19)24(2,22)18-12-7-4-8-13-18/h3-16,21-22H,1-2H3. The van der Waals surface area contributed by atoms with Crippen LogP contribution in [0.3, 0.4) is 0 Å². The highest BCUT2D eigenvalue weighted by Crippen LogP contribution is 2.05. The third-order valence-electron chi connectivity index (χ3n) is 4.66. The van der Waals surface area contributed by atoms with Crippen LogP contribution in [0.15, 0.2) is 84.9 Å². The molecule has 4 heteroatoms. The van der Waals surface area contributed by atoms with Crippen LogP contribution in [-0.2, 0) is 0 Å². The minimum Gasteiger partial charge on any atom is -0.424 e. The van der Waals surface area contributed by atoms with Gasteiger partial charge in [0, 0.05) is 0 Å². The van der Waals surface area contributed by atoms with E-state index in [-0.39, 0.29) is 0 Å². The van der Waals surface area contributed by atoms with E-state index in [2.05, 4.69) is 0 Å². The summed E-state index contributed by atoms with van der Waals surface area (Å²) < 4.78 is 0. The molecule has 0 saturated carbocycles. The molecular weight excluding hydrogens is 328 g/mol. The van der Waals surface area contributed by atoms with Gasteiger partial charge in [-0.15, -0.1) is 0 Å². The first-order chi connectivity index (χ1) is 11.4. The van der Waals surface area contributed by atoms with Crippen molar-refractivity contribution in [2.45, 2.75) is 13.1 Å². The summed E-state index contributed by atoms with van der Waals surface area (Å²) in [5.74, 6) is 0. The molecule has 2 nitrogen and oxygen atoms in total. The van der Waals surface area contributed by atoms with Gasteiger partial charge in [0.1, 0.15) is 0 Å². The molecule has 0 radical (unpaired) electrons. The Morgan fingerprint density at radius 3 is 1.21 bits per heavy atom. The maximum Gasteiger partial charge on any atom is 0.249 e. The summed E-state index contributed by atoms with van der Waals surface area (Å²) in [4.78, 5) is 22.4. The maximum atomic E-state index is 11.2. The molecule has 0 fully saturated rings. The van der Waals surface area contributed by atoms with Gasteiger partial charge in [0.05, 0.1) is 0 Å². The monoisotopic (exact) mass is 350 g/mol. The third-order valence-corrected chi connectivity index (χ3v) is 10.4. The molecule has 0 aromatic heterocycles. The Labute approximate surface area is 145 Å². The molecule has 0 aliphatic carbocycles. The quantitative estimate of drug-likeness (QED) is 0.691. The van der Waals surface area contributed by atoms with Crippen LogP contribution in [0.5, 0.6) is 0 Å². The molecule has 2 unspecified atom stereocenters. The van der Waals surface area contributed by atoms with Crippen molar-refractivity contribution in [2.24, 2.45) is 0 Å². The summed E-state index contributed by atoms with van der Waals surface area (Å²) in [7, 11) is -5.51. The van der Waals surface area contributed by atoms with Crippen LogP contribution in [0, 0.1) is 0 Å². The van der Waals surface area contributed by atoms with Gasteiger partial charge in [0.25, 0.3) is 0 Å². The number of benzene rings is 3. The highest BCUT2D eigenvalue weighted by Gasteiger charge is 2.34. The van der Waals surface area contributed by atoms with E-state index >= 15 is 0 Å². The van der Waals surface area contributed by atoms with Crippen molar-refractivity contribution in [2.75, 3.05) is 0 Å². The summed E-state index contributed by atoms with van der Waals surface area (Å²) >= 11 is 0. The van der Waals surface area contributed by atoms with Crippen LogP contribution in [0.4, 0.5) is 0 Å². The van der Waals surface area contributed by atoms with Gasteiger partial charge in [-0.3, -0.25) is 0 Å². The van der Waals surface area contributed by atoms with Crippen LogP contribution in [0.1, 0.15) is 0 Å². The summed E-state index contributed by atoms with van der Waals surface area (Å²) in [6.45, 7) is 3.86. The highest BCUT2D eigenvalue weighted by atomic mass is 28.4. The Kier molecular flexibility index (Phi) is 4.56. The van der Waals surface area contributed by atoms with Gasteiger partial charge < -0.3 is 9.59 Å². The molecule has 3 aromatic carbocycles. The van der Waals surface area contributed by atoms with Crippen molar-refractivity contribution < 1.29 is 9.59 Å². The molecule has 122 valence electrons. The summed E-state index contributed by atoms with van der Waals surface area (Å²) in [5.41, 5.74) is 0. The Hall–Kier alpha value is -1.99. The van der Waals surface area contributed by atoms with Crippen LogP contribution in [-0.4, -0.2) is 26.2 Å². The normalized spacial score (nSPS) is 16.2. The fraction of sp³-hybridized carbons (Fsp3) is 0.100. The predicted molar refractivity (Wildman–Crippen MR) is 106 cm³/mol. The number of rotatable bonds is 4. The van der Waals surface area contributed by atoms with Crippen LogP contribution in [0.25, 0.3) is 0 Å². The molecule has 0 amide bonds. The van der Waals surface area contributed by atoms with Gasteiger partial charge >= 0.3 is 0 Å². The van der Waals surface area contributed by atoms with Crippen LogP contribution >= 0.6 is 0 Å². The molecular formula is C20H22O2Si2. The minimum atomic E-state index is -2.76. The number of hydrogen-bond donors (Lipinski definition) is 2. The molecule has 0 aliphatic rings. The Morgan fingerprint density at radius 2 is 0.833 bits per heavy atom. The first-order valence-electron chi connectivity index (χ1n) is 8.09. The Bertz CT molecular complexity index is 749. The Balaban J connectivity index is 2.04. The first-order valence-corrected chi connectivity index (χ1v) is 13.0. The second-order valence-electron chi connectivity index (χ2n) is 6.46. The Morgan fingerprint density at radius 1 is 0.500 bits per heavy atom. The van der Waals surface area contributed by atoms with E-state index in [1.54, 1.807) is 0 Å². The predicted octanol–water partition coefficient (Wildman–Crippen LogP) is 1.05. The lowest BCUT2D eigenvalue weighted by molar-refractivity contribution is 0.575. The second kappa shape index (κ2) is 6.49. The molecule has 3 rings (SSSR count). The largest absolute Gasteiger partial charge is 0.424 e. The molecule has 2 atom stereocenters. The lowest BCUT2D eigenvalue weighted by Crippen LogP contribution is -2.60. The van der Waals surface area contributed by atoms with Gasteiger partial charge in [0.2, 0.25) is 16.6 Å². The molecule has 0 spiro atoms. The fourth-order valence-corrected chi connectivity index (χ4v) is 7.19. The molecule has 2 N–H and O–H groups in total. The zero-order valence-electron chi connectivity index (χ0n) is 14.0. The zero-order chi connectivity index (χ0) is 17.2. The summed E-state index contributed by atoms with van der Waals surface area (Å²) in [6, 6.07) is 27.5. The minimum absolute atomic E-state index is 0.926. The summed E-state index contributed by atoms with van der Waals surface area (Å²) in [6.07, 6.45) is 0. The third kappa shape index (κ3) is 3.14. The van der Waals surface area contributed by atoms with E-state index in [0.29, 0.717) is 0 Å². The molecule has 0 aliphatic heterocycles. The van der Waals surface area contributed by atoms with Crippen molar-refractivity contribution in [1.29, 1.82) is 0 Å². The van der Waals surface area contributed by atoms with E-state index in [9.17, 15) is 9.59 Å². The van der Waals surface area contributed by atoms with Crippen molar-refractivity contribution in [3.05, 3.63) is 84.9 Å². The van der Waals surface area contributed by atoms with Crippen molar-refractivity contribution in [1.82, 2.24) is 0 Å². The lowest BCUT2D eigenvalue weighted by Gasteiger charge is -2.25. The molecule has 3 aromatic rings. The van der Waals surface area contributed by atoms with E-state index < -0.39 is 16.6 Å². The van der Waals surface area contributed by atoms with Gasteiger partial charge in [0.15, 0.2) is 0 Å². The van der Waals surface area contributed by atoms with E-state index in [0.717, 1.165) is 20.7 Å². The molecule has 0 bridgehead atoms. The van der Waals surface area contributed by atoms with E-state index in [1.165, 1.54) is 0 Å². The average molecular weight is 351 g/mol. The average Bonchev–Trinajstić information content (AvgIpc) is 2.63. The molecule has 24 heavy (non-hydrogen) atoms. The SMILES string of the molecule is C[Si](O)(c1ccccc1)c1cccc([Si](C)(O)c2ccccc2)c1. The number of hydrogen-bond acceptors (Lipinski definition) is 2. The van der Waals surface area contributed by atoms with Crippen LogP contribution < -0.4 is 20.7 Å². The fourth-order valence-electron chi connectivity index (χ4n) is 2.98. The van der Waals surface area contributed by atoms with Gasteiger partial charge in [-0.25, -0.2) is 0 Å². The van der Waals surface area contributed by atoms with Crippen molar-refractivity contribution in [3.8, 4) is 0 Å². The topological polar surface area (TPSA) is 40.5 Å². The maximum absolute atomic E-state index is 11.2. The van der Waals surface area contributed by atoms with Crippen molar-refractivity contribution >= 4 is 37.4 Å². The van der Waals surface area contributed by atoms with E-state index in [1.807, 2.05) is 98.0 Å². The lowest BCUT2D eigenvalue weighted by atomic mass is 10.3. The van der Waals surface area contributed by atoms with Gasteiger partial charge in [-0.05, 0) is 33.8 Å². The van der Waals surface area contributed by atoms with Crippen LogP contribution in [0.2, 0.25) is 13.1 Å². The van der Waals surface area contributed by atoms with Crippen molar-refractivity contribution in [3.63, 3.8) is 0 Å². The second-order valence-corrected chi connectivity index (χ2v) is 13.1. The zero-order valence-corrected chi connectivity index (χ0v) is 16.0. The van der Waals surface area contributed by atoms with Gasteiger partial charge in [-0.1, -0.05) is 84.9 Å². The molecule has 0 heterocycles. The molecule has 0 saturated heterocycles. The summed E-state index contributed by atoms with van der Waals surface area (Å²) in [5, 5.41) is 3.80. The van der Waals surface area contributed by atoms with E-state index in [4.69, 9.17) is 0 Å². The highest BCUT2D eigenvalue weighted by molar-refractivity contribution is 6.98. The van der Waals surface area contributed by atoms with Gasteiger partial charge in [-0.2, -0.15) is 0 Å². The first kappa shape index (κ1) is 16.9.